The number of ether oxygens (including phenoxy) is 1. The zero-order chi connectivity index (χ0) is 9.90. The van der Waals surface area contributed by atoms with Crippen molar-refractivity contribution in [1.29, 1.82) is 0 Å². The van der Waals surface area contributed by atoms with Crippen molar-refractivity contribution in [2.75, 3.05) is 6.61 Å². The zero-order valence-electron chi connectivity index (χ0n) is 7.36. The van der Waals surface area contributed by atoms with E-state index in [1.165, 1.54) is 19.1 Å². The SMILES string of the molecule is C=CC1(C=C(C)C(=O)O)N=CCO1. The number of carbonyl (C=O) groups is 1. The van der Waals surface area contributed by atoms with Gasteiger partial charge in [-0.05, 0) is 19.1 Å². The van der Waals surface area contributed by atoms with Gasteiger partial charge in [0.15, 0.2) is 5.72 Å². The average Bonchev–Trinajstić information content (AvgIpc) is 2.54. The van der Waals surface area contributed by atoms with E-state index in [0.29, 0.717) is 6.61 Å². The molecule has 1 unspecified atom stereocenters. The lowest BCUT2D eigenvalue weighted by Gasteiger charge is -2.16. The van der Waals surface area contributed by atoms with E-state index < -0.39 is 11.7 Å². The molecule has 4 nitrogen and oxygen atoms in total. The number of aliphatic carboxylic acids is 1. The lowest BCUT2D eigenvalue weighted by atomic mass is 10.1. The Morgan fingerprint density at radius 3 is 2.92 bits per heavy atom. The third kappa shape index (κ3) is 2.03. The summed E-state index contributed by atoms with van der Waals surface area (Å²) in [5.74, 6) is -0.980. The third-order valence-corrected chi connectivity index (χ3v) is 1.74. The quantitative estimate of drug-likeness (QED) is 0.522. The van der Waals surface area contributed by atoms with Gasteiger partial charge in [0.05, 0.1) is 6.61 Å². The Balaban J connectivity index is 2.91. The van der Waals surface area contributed by atoms with Crippen LogP contribution in [0.25, 0.3) is 0 Å². The highest BCUT2D eigenvalue weighted by Gasteiger charge is 2.27. The summed E-state index contributed by atoms with van der Waals surface area (Å²) in [7, 11) is 0. The van der Waals surface area contributed by atoms with E-state index in [-0.39, 0.29) is 5.57 Å². The highest BCUT2D eigenvalue weighted by atomic mass is 16.5. The molecular formula is C9H11NO3. The van der Waals surface area contributed by atoms with Gasteiger partial charge in [-0.3, -0.25) is 4.99 Å². The number of carboxylic acid groups (broad SMARTS) is 1. The number of carboxylic acids is 1. The van der Waals surface area contributed by atoms with Crippen molar-refractivity contribution < 1.29 is 14.6 Å². The van der Waals surface area contributed by atoms with Crippen LogP contribution in [-0.4, -0.2) is 29.6 Å². The van der Waals surface area contributed by atoms with Crippen LogP contribution < -0.4 is 0 Å². The molecule has 0 fully saturated rings. The highest BCUT2D eigenvalue weighted by Crippen LogP contribution is 2.21. The summed E-state index contributed by atoms with van der Waals surface area (Å²) in [6, 6.07) is 0. The predicted molar refractivity (Wildman–Crippen MR) is 48.8 cm³/mol. The minimum absolute atomic E-state index is 0.193. The predicted octanol–water partition coefficient (Wildman–Crippen LogP) is 1.00. The number of hydrogen-bond acceptors (Lipinski definition) is 3. The maximum atomic E-state index is 10.5. The lowest BCUT2D eigenvalue weighted by molar-refractivity contribution is -0.132. The van der Waals surface area contributed by atoms with E-state index in [2.05, 4.69) is 11.6 Å². The summed E-state index contributed by atoms with van der Waals surface area (Å²) in [4.78, 5) is 14.5. The molecule has 0 amide bonds. The Hall–Kier alpha value is -1.42. The summed E-state index contributed by atoms with van der Waals surface area (Å²) in [6.07, 6.45) is 4.50. The van der Waals surface area contributed by atoms with Crippen LogP contribution in [0.4, 0.5) is 0 Å². The standard InChI is InChI=1S/C9H11NO3/c1-3-9(10-4-5-13-9)6-7(2)8(11)12/h3-4,6H,1,5H2,2H3,(H,11,12). The smallest absolute Gasteiger partial charge is 0.331 e. The number of hydrogen-bond donors (Lipinski definition) is 1. The Kier molecular flexibility index (Phi) is 2.63. The fourth-order valence-electron chi connectivity index (χ4n) is 1.01. The van der Waals surface area contributed by atoms with Crippen LogP contribution in [0.15, 0.2) is 29.3 Å². The molecule has 1 aliphatic rings. The number of nitrogens with zero attached hydrogens (tertiary/aromatic N) is 1. The molecule has 0 radical (unpaired) electrons. The monoisotopic (exact) mass is 181 g/mol. The van der Waals surface area contributed by atoms with Gasteiger partial charge in [0, 0.05) is 11.8 Å². The molecule has 0 aliphatic carbocycles. The van der Waals surface area contributed by atoms with E-state index in [4.69, 9.17) is 9.84 Å². The molecule has 70 valence electrons. The van der Waals surface area contributed by atoms with Crippen molar-refractivity contribution in [3.05, 3.63) is 24.3 Å². The van der Waals surface area contributed by atoms with E-state index in [1.54, 1.807) is 6.21 Å². The first-order chi connectivity index (χ1) is 6.09. The van der Waals surface area contributed by atoms with Crippen LogP contribution in [0.5, 0.6) is 0 Å². The van der Waals surface area contributed by atoms with Gasteiger partial charge in [0.1, 0.15) is 0 Å². The molecule has 1 rings (SSSR count). The maximum absolute atomic E-state index is 10.5. The molecule has 1 N–H and O–H groups in total. The highest BCUT2D eigenvalue weighted by molar-refractivity contribution is 5.86. The van der Waals surface area contributed by atoms with Gasteiger partial charge in [-0.2, -0.15) is 0 Å². The second-order valence-electron chi connectivity index (χ2n) is 2.71. The molecule has 0 bridgehead atoms. The van der Waals surface area contributed by atoms with Gasteiger partial charge in [-0.15, -0.1) is 0 Å². The summed E-state index contributed by atoms with van der Waals surface area (Å²) >= 11 is 0. The molecule has 0 spiro atoms. The maximum Gasteiger partial charge on any atom is 0.331 e. The van der Waals surface area contributed by atoms with Gasteiger partial charge in [-0.1, -0.05) is 6.58 Å². The van der Waals surface area contributed by atoms with Crippen LogP contribution in [0.1, 0.15) is 6.92 Å². The molecule has 1 heterocycles. The van der Waals surface area contributed by atoms with Gasteiger partial charge >= 0.3 is 5.97 Å². The Bertz CT molecular complexity index is 293. The average molecular weight is 181 g/mol. The van der Waals surface area contributed by atoms with Crippen molar-refractivity contribution in [3.8, 4) is 0 Å². The first-order valence-electron chi connectivity index (χ1n) is 3.83. The van der Waals surface area contributed by atoms with E-state index in [9.17, 15) is 4.79 Å². The van der Waals surface area contributed by atoms with Crippen molar-refractivity contribution in [1.82, 2.24) is 0 Å². The number of aliphatic imine (C=N–C) groups is 1. The Labute approximate surface area is 76.2 Å². The van der Waals surface area contributed by atoms with E-state index >= 15 is 0 Å². The fourth-order valence-corrected chi connectivity index (χ4v) is 1.01. The second kappa shape index (κ2) is 3.53. The van der Waals surface area contributed by atoms with Crippen LogP contribution in [0, 0.1) is 0 Å². The summed E-state index contributed by atoms with van der Waals surface area (Å²) < 4.78 is 5.23. The molecule has 1 atom stereocenters. The van der Waals surface area contributed by atoms with Crippen LogP contribution >= 0.6 is 0 Å². The first-order valence-corrected chi connectivity index (χ1v) is 3.83. The largest absolute Gasteiger partial charge is 0.478 e. The Morgan fingerprint density at radius 1 is 1.85 bits per heavy atom. The molecule has 0 saturated heterocycles. The zero-order valence-corrected chi connectivity index (χ0v) is 7.36. The van der Waals surface area contributed by atoms with Gasteiger partial charge in [0.25, 0.3) is 0 Å². The molecule has 4 heteroatoms. The fraction of sp³-hybridized carbons (Fsp3) is 0.333. The summed E-state index contributed by atoms with van der Waals surface area (Å²) in [5, 5.41) is 8.64. The van der Waals surface area contributed by atoms with Crippen molar-refractivity contribution in [3.63, 3.8) is 0 Å². The molecule has 0 aromatic rings. The normalized spacial score (nSPS) is 27.6. The minimum atomic E-state index is -0.980. The first kappa shape index (κ1) is 9.67. The number of rotatable bonds is 3. The minimum Gasteiger partial charge on any atom is -0.478 e. The molecular weight excluding hydrogens is 170 g/mol. The van der Waals surface area contributed by atoms with Crippen LogP contribution in [0.2, 0.25) is 0 Å². The Morgan fingerprint density at radius 2 is 2.54 bits per heavy atom. The van der Waals surface area contributed by atoms with Crippen molar-refractivity contribution >= 4 is 12.2 Å². The lowest BCUT2D eigenvalue weighted by Crippen LogP contribution is -2.21. The van der Waals surface area contributed by atoms with E-state index in [1.807, 2.05) is 0 Å². The van der Waals surface area contributed by atoms with Gasteiger partial charge < -0.3 is 9.84 Å². The summed E-state index contributed by atoms with van der Waals surface area (Å²) in [6.45, 7) is 5.43. The van der Waals surface area contributed by atoms with Crippen LogP contribution in [0.3, 0.4) is 0 Å². The molecule has 0 aromatic carbocycles. The van der Waals surface area contributed by atoms with Crippen molar-refractivity contribution in [2.45, 2.75) is 12.6 Å². The summed E-state index contributed by atoms with van der Waals surface area (Å²) in [5.41, 5.74) is -0.776. The van der Waals surface area contributed by atoms with Crippen LogP contribution in [-0.2, 0) is 9.53 Å². The van der Waals surface area contributed by atoms with E-state index in [0.717, 1.165) is 0 Å². The molecule has 13 heavy (non-hydrogen) atoms. The van der Waals surface area contributed by atoms with Crippen molar-refractivity contribution in [2.24, 2.45) is 4.99 Å². The second-order valence-corrected chi connectivity index (χ2v) is 2.71. The molecule has 1 aliphatic heterocycles. The molecule has 0 saturated carbocycles. The van der Waals surface area contributed by atoms with Gasteiger partial charge in [-0.25, -0.2) is 4.79 Å². The topological polar surface area (TPSA) is 58.9 Å². The molecule has 0 aromatic heterocycles. The third-order valence-electron chi connectivity index (χ3n) is 1.74. The van der Waals surface area contributed by atoms with Gasteiger partial charge in [0.2, 0.25) is 0 Å².